The van der Waals surface area contributed by atoms with Crippen LogP contribution < -0.4 is 10.5 Å². The number of aromatic nitrogens is 1. The molecule has 0 unspecified atom stereocenters. The summed E-state index contributed by atoms with van der Waals surface area (Å²) in [7, 11) is 0. The maximum absolute atomic E-state index is 12.7. The van der Waals surface area contributed by atoms with Crippen molar-refractivity contribution >= 4 is 39.4 Å². The molecule has 140 valence electrons. The summed E-state index contributed by atoms with van der Waals surface area (Å²) in [6, 6.07) is 12.7. The predicted molar refractivity (Wildman–Crippen MR) is 109 cm³/mol. The molecule has 0 aliphatic rings. The fourth-order valence-corrected chi connectivity index (χ4v) is 3.52. The summed E-state index contributed by atoms with van der Waals surface area (Å²) in [4.78, 5) is 19.2. The minimum Gasteiger partial charge on any atom is -0.436 e. The van der Waals surface area contributed by atoms with Crippen molar-refractivity contribution < 1.29 is 8.83 Å². The van der Waals surface area contributed by atoms with Gasteiger partial charge in [-0.3, -0.25) is 0 Å². The van der Waals surface area contributed by atoms with Crippen molar-refractivity contribution in [3.63, 3.8) is 0 Å². The van der Waals surface area contributed by atoms with Gasteiger partial charge in [0.25, 0.3) is 0 Å². The predicted octanol–water partition coefficient (Wildman–Crippen LogP) is 4.97. The second-order valence-electron chi connectivity index (χ2n) is 6.21. The Morgan fingerprint density at radius 1 is 1.14 bits per heavy atom. The summed E-state index contributed by atoms with van der Waals surface area (Å²) in [6.45, 7) is 5.73. The maximum Gasteiger partial charge on any atom is 0.350 e. The van der Waals surface area contributed by atoms with Crippen LogP contribution >= 0.6 is 11.6 Å². The molecule has 0 atom stereocenters. The molecule has 4 rings (SSSR count). The third-order valence-electron chi connectivity index (χ3n) is 4.72. The van der Waals surface area contributed by atoms with Crippen LogP contribution in [0.5, 0.6) is 0 Å². The number of halogens is 1. The van der Waals surface area contributed by atoms with Crippen LogP contribution in [-0.4, -0.2) is 18.1 Å². The van der Waals surface area contributed by atoms with E-state index < -0.39 is 5.63 Å². The quantitative estimate of drug-likeness (QED) is 0.455. The molecule has 0 aliphatic carbocycles. The van der Waals surface area contributed by atoms with Crippen molar-refractivity contribution in [3.8, 4) is 17.5 Å². The Morgan fingerprint density at radius 2 is 1.93 bits per heavy atom. The van der Waals surface area contributed by atoms with E-state index in [0.29, 0.717) is 27.1 Å². The lowest BCUT2D eigenvalue weighted by Crippen LogP contribution is -2.21. The van der Waals surface area contributed by atoms with Gasteiger partial charge in [0.2, 0.25) is 5.89 Å². The van der Waals surface area contributed by atoms with Crippen molar-refractivity contribution in [2.24, 2.45) is 0 Å². The number of fused-ring (bicyclic) bond motifs is 2. The summed E-state index contributed by atoms with van der Waals surface area (Å²) in [5.41, 5.74) is 1.62. The highest BCUT2D eigenvalue weighted by Crippen LogP contribution is 2.32. The van der Waals surface area contributed by atoms with E-state index in [-0.39, 0.29) is 17.0 Å². The van der Waals surface area contributed by atoms with Gasteiger partial charge in [-0.1, -0.05) is 17.7 Å². The molecule has 0 aliphatic heterocycles. The fraction of sp³-hybridized carbons (Fsp3) is 0.190. The lowest BCUT2D eigenvalue weighted by molar-refractivity contribution is 0.553. The molecule has 0 amide bonds. The largest absolute Gasteiger partial charge is 0.436 e. The highest BCUT2D eigenvalue weighted by molar-refractivity contribution is 6.34. The molecular formula is C21H16ClN3O3. The first kappa shape index (κ1) is 18.1. The van der Waals surface area contributed by atoms with Crippen LogP contribution in [0.3, 0.4) is 0 Å². The van der Waals surface area contributed by atoms with Crippen molar-refractivity contribution in [1.82, 2.24) is 4.98 Å². The maximum atomic E-state index is 12.7. The number of nitriles is 1. The molecule has 0 radical (unpaired) electrons. The van der Waals surface area contributed by atoms with Crippen LogP contribution in [0.25, 0.3) is 33.5 Å². The smallest absolute Gasteiger partial charge is 0.350 e. The Bertz CT molecular complexity index is 1300. The summed E-state index contributed by atoms with van der Waals surface area (Å²) in [5.74, 6) is 0.0168. The first-order chi connectivity index (χ1) is 13.6. The zero-order valence-electron chi connectivity index (χ0n) is 15.3. The van der Waals surface area contributed by atoms with Gasteiger partial charge in [0.1, 0.15) is 22.7 Å². The van der Waals surface area contributed by atoms with Gasteiger partial charge in [-0.15, -0.1) is 0 Å². The highest BCUT2D eigenvalue weighted by atomic mass is 35.5. The lowest BCUT2D eigenvalue weighted by Gasteiger charge is -2.21. The minimum atomic E-state index is -0.677. The van der Waals surface area contributed by atoms with Crippen molar-refractivity contribution in [3.05, 3.63) is 57.4 Å². The Labute approximate surface area is 165 Å². The third kappa shape index (κ3) is 2.81. The zero-order valence-corrected chi connectivity index (χ0v) is 16.1. The second kappa shape index (κ2) is 7.02. The SMILES string of the molecule is CCN(CC)c1ccc2c(C#N)c(-c3nc4c(Cl)cccc4o3)c(=O)oc2c1. The van der Waals surface area contributed by atoms with E-state index in [1.54, 1.807) is 30.3 Å². The monoisotopic (exact) mass is 393 g/mol. The molecule has 7 heteroatoms. The molecule has 4 aromatic rings. The van der Waals surface area contributed by atoms with Gasteiger partial charge in [0, 0.05) is 30.2 Å². The Balaban J connectivity index is 1.97. The van der Waals surface area contributed by atoms with Gasteiger partial charge in [-0.25, -0.2) is 9.78 Å². The van der Waals surface area contributed by atoms with E-state index in [1.165, 1.54) is 0 Å². The normalized spacial score (nSPS) is 11.1. The van der Waals surface area contributed by atoms with Crippen LogP contribution in [0.4, 0.5) is 5.69 Å². The Morgan fingerprint density at radius 3 is 2.61 bits per heavy atom. The molecule has 0 spiro atoms. The molecule has 0 saturated heterocycles. The first-order valence-corrected chi connectivity index (χ1v) is 9.26. The average Bonchev–Trinajstić information content (AvgIpc) is 3.12. The molecule has 28 heavy (non-hydrogen) atoms. The molecule has 0 N–H and O–H groups in total. The third-order valence-corrected chi connectivity index (χ3v) is 5.02. The molecule has 6 nitrogen and oxygen atoms in total. The fourth-order valence-electron chi connectivity index (χ4n) is 3.31. The van der Waals surface area contributed by atoms with E-state index in [4.69, 9.17) is 20.4 Å². The van der Waals surface area contributed by atoms with Gasteiger partial charge in [-0.2, -0.15) is 5.26 Å². The van der Waals surface area contributed by atoms with Crippen molar-refractivity contribution in [2.75, 3.05) is 18.0 Å². The van der Waals surface area contributed by atoms with Gasteiger partial charge in [0.05, 0.1) is 10.6 Å². The van der Waals surface area contributed by atoms with E-state index >= 15 is 0 Å². The number of hydrogen-bond donors (Lipinski definition) is 0. The molecule has 2 aromatic carbocycles. The number of oxazole rings is 1. The topological polar surface area (TPSA) is 83.3 Å². The lowest BCUT2D eigenvalue weighted by atomic mass is 10.0. The summed E-state index contributed by atoms with van der Waals surface area (Å²) in [6.07, 6.45) is 0. The second-order valence-corrected chi connectivity index (χ2v) is 6.62. The van der Waals surface area contributed by atoms with E-state index in [1.807, 2.05) is 19.9 Å². The number of rotatable bonds is 4. The number of nitrogens with zero attached hydrogens (tertiary/aromatic N) is 3. The summed E-state index contributed by atoms with van der Waals surface area (Å²) in [5, 5.41) is 10.7. The molecule has 2 heterocycles. The van der Waals surface area contributed by atoms with Crippen LogP contribution in [-0.2, 0) is 0 Å². The van der Waals surface area contributed by atoms with Gasteiger partial charge in [-0.05, 0) is 38.1 Å². The minimum absolute atomic E-state index is 0.00199. The highest BCUT2D eigenvalue weighted by Gasteiger charge is 2.22. The van der Waals surface area contributed by atoms with Crippen LogP contribution in [0.15, 0.2) is 50.0 Å². The molecule has 0 fully saturated rings. The number of anilines is 1. The molecule has 2 aromatic heterocycles. The van der Waals surface area contributed by atoms with Gasteiger partial charge >= 0.3 is 5.63 Å². The van der Waals surface area contributed by atoms with E-state index in [0.717, 1.165) is 18.8 Å². The first-order valence-electron chi connectivity index (χ1n) is 8.88. The number of para-hydroxylation sites is 1. The zero-order chi connectivity index (χ0) is 19.8. The molecular weight excluding hydrogens is 378 g/mol. The average molecular weight is 394 g/mol. The summed E-state index contributed by atoms with van der Waals surface area (Å²) < 4.78 is 11.2. The summed E-state index contributed by atoms with van der Waals surface area (Å²) >= 11 is 6.15. The molecule has 0 saturated carbocycles. The Kier molecular flexibility index (Phi) is 4.54. The van der Waals surface area contributed by atoms with Crippen molar-refractivity contribution in [1.29, 1.82) is 5.26 Å². The van der Waals surface area contributed by atoms with E-state index in [2.05, 4.69) is 16.0 Å². The van der Waals surface area contributed by atoms with Crippen LogP contribution in [0, 0.1) is 11.3 Å². The van der Waals surface area contributed by atoms with Crippen molar-refractivity contribution in [2.45, 2.75) is 13.8 Å². The Hall–Kier alpha value is -3.30. The van der Waals surface area contributed by atoms with Crippen LogP contribution in [0.1, 0.15) is 19.4 Å². The standard InChI is InChI=1S/C21H16ClN3O3/c1-3-25(4-2)12-8-9-13-14(11-23)18(21(26)28-17(13)10-12)20-24-19-15(22)6-5-7-16(19)27-20/h5-10H,3-4H2,1-2H3. The van der Waals surface area contributed by atoms with E-state index in [9.17, 15) is 10.1 Å². The van der Waals surface area contributed by atoms with Gasteiger partial charge in [0.15, 0.2) is 5.58 Å². The van der Waals surface area contributed by atoms with Gasteiger partial charge < -0.3 is 13.7 Å². The number of benzene rings is 2. The molecule has 0 bridgehead atoms. The number of hydrogen-bond acceptors (Lipinski definition) is 6. The van der Waals surface area contributed by atoms with Crippen LogP contribution in [0.2, 0.25) is 5.02 Å².